The predicted molar refractivity (Wildman–Crippen MR) is 72.7 cm³/mol. The summed E-state index contributed by atoms with van der Waals surface area (Å²) >= 11 is 0. The third kappa shape index (κ3) is 7.20. The van der Waals surface area contributed by atoms with Gasteiger partial charge < -0.3 is 15.5 Å². The Bertz CT molecular complexity index is 146. The Balaban J connectivity index is 3.74. The molecule has 0 aliphatic heterocycles. The first-order chi connectivity index (χ1) is 7.67. The fraction of sp³-hybridized carbons (Fsp3) is 1.00. The van der Waals surface area contributed by atoms with Crippen molar-refractivity contribution in [3.8, 4) is 0 Å². The normalized spacial score (nSPS) is 13.7. The third-order valence-electron chi connectivity index (χ3n) is 3.41. The minimum absolute atomic E-state index is 0.770. The molecule has 0 fully saturated rings. The van der Waals surface area contributed by atoms with Crippen molar-refractivity contribution in [2.45, 2.75) is 33.6 Å². The Kier molecular flexibility index (Phi) is 9.99. The molecule has 0 aliphatic carbocycles. The second-order valence-electron chi connectivity index (χ2n) is 4.64. The van der Waals surface area contributed by atoms with E-state index in [9.17, 15) is 0 Å². The number of likely N-dealkylation sites (N-methyl/N-ethyl adjacent to an activating group) is 2. The third-order valence-corrected chi connectivity index (χ3v) is 3.41. The van der Waals surface area contributed by atoms with Crippen LogP contribution in [0.4, 0.5) is 0 Å². The number of nitrogens with two attached hydrogens (primary N) is 1. The standard InChI is InChI=1S/C13H31N3/c1-5-13(8-9-14)12-15(4)10-11-16(6-2)7-3/h13H,5-12,14H2,1-4H3. The molecule has 1 unspecified atom stereocenters. The molecule has 0 aliphatic rings. The van der Waals surface area contributed by atoms with Crippen LogP contribution in [0.3, 0.4) is 0 Å². The molecule has 16 heavy (non-hydrogen) atoms. The number of hydrogen-bond acceptors (Lipinski definition) is 3. The average Bonchev–Trinajstić information content (AvgIpc) is 2.29. The summed E-state index contributed by atoms with van der Waals surface area (Å²) in [7, 11) is 2.22. The van der Waals surface area contributed by atoms with Gasteiger partial charge in [-0.1, -0.05) is 27.2 Å². The van der Waals surface area contributed by atoms with Crippen molar-refractivity contribution in [3.63, 3.8) is 0 Å². The Morgan fingerprint density at radius 2 is 1.69 bits per heavy atom. The summed E-state index contributed by atoms with van der Waals surface area (Å²) in [6.45, 7) is 13.4. The lowest BCUT2D eigenvalue weighted by Crippen LogP contribution is -2.35. The maximum absolute atomic E-state index is 5.62. The van der Waals surface area contributed by atoms with Gasteiger partial charge in [0.25, 0.3) is 0 Å². The van der Waals surface area contributed by atoms with Crippen molar-refractivity contribution < 1.29 is 0 Å². The molecular formula is C13H31N3. The smallest absolute Gasteiger partial charge is 0.0109 e. The van der Waals surface area contributed by atoms with Crippen LogP contribution in [0, 0.1) is 5.92 Å². The molecule has 0 bridgehead atoms. The second-order valence-corrected chi connectivity index (χ2v) is 4.64. The highest BCUT2D eigenvalue weighted by atomic mass is 15.2. The molecule has 0 rings (SSSR count). The van der Waals surface area contributed by atoms with E-state index < -0.39 is 0 Å². The SMILES string of the molecule is CCC(CCN)CN(C)CCN(CC)CC. The van der Waals surface area contributed by atoms with Gasteiger partial charge in [-0.15, -0.1) is 0 Å². The number of hydrogen-bond donors (Lipinski definition) is 1. The molecule has 98 valence electrons. The van der Waals surface area contributed by atoms with Gasteiger partial charge >= 0.3 is 0 Å². The van der Waals surface area contributed by atoms with Crippen LogP contribution in [0.1, 0.15) is 33.6 Å². The highest BCUT2D eigenvalue weighted by Gasteiger charge is 2.09. The predicted octanol–water partition coefficient (Wildman–Crippen LogP) is 1.64. The first kappa shape index (κ1) is 15.9. The van der Waals surface area contributed by atoms with Gasteiger partial charge in [-0.3, -0.25) is 0 Å². The molecule has 0 amide bonds. The number of nitrogens with zero attached hydrogens (tertiary/aromatic N) is 2. The number of rotatable bonds is 10. The Morgan fingerprint density at radius 3 is 2.12 bits per heavy atom. The van der Waals surface area contributed by atoms with Crippen molar-refractivity contribution in [1.82, 2.24) is 9.80 Å². The highest BCUT2D eigenvalue weighted by molar-refractivity contribution is 4.64. The minimum Gasteiger partial charge on any atom is -0.330 e. The maximum Gasteiger partial charge on any atom is 0.0109 e. The van der Waals surface area contributed by atoms with Crippen LogP contribution < -0.4 is 5.73 Å². The Morgan fingerprint density at radius 1 is 1.06 bits per heavy atom. The summed E-state index contributed by atoms with van der Waals surface area (Å²) in [6, 6.07) is 0. The van der Waals surface area contributed by atoms with E-state index >= 15 is 0 Å². The molecule has 1 atom stereocenters. The lowest BCUT2D eigenvalue weighted by Gasteiger charge is -2.26. The van der Waals surface area contributed by atoms with E-state index in [1.165, 1.54) is 26.1 Å². The van der Waals surface area contributed by atoms with E-state index in [0.717, 1.165) is 32.0 Å². The summed E-state index contributed by atoms with van der Waals surface area (Å²) < 4.78 is 0. The summed E-state index contributed by atoms with van der Waals surface area (Å²) in [5.74, 6) is 0.770. The van der Waals surface area contributed by atoms with Crippen LogP contribution in [-0.2, 0) is 0 Å². The molecule has 0 saturated heterocycles. The second kappa shape index (κ2) is 10.1. The Hall–Kier alpha value is -0.120. The fourth-order valence-corrected chi connectivity index (χ4v) is 2.04. The van der Waals surface area contributed by atoms with Crippen molar-refractivity contribution in [2.75, 3.05) is 46.3 Å². The van der Waals surface area contributed by atoms with Crippen LogP contribution >= 0.6 is 0 Å². The summed E-state index contributed by atoms with van der Waals surface area (Å²) in [4.78, 5) is 4.92. The first-order valence-corrected chi connectivity index (χ1v) is 6.78. The molecule has 0 aromatic heterocycles. The van der Waals surface area contributed by atoms with Crippen molar-refractivity contribution in [1.29, 1.82) is 0 Å². The van der Waals surface area contributed by atoms with E-state index in [-0.39, 0.29) is 0 Å². The van der Waals surface area contributed by atoms with Gasteiger partial charge in [0.15, 0.2) is 0 Å². The molecule has 0 spiro atoms. The van der Waals surface area contributed by atoms with Crippen LogP contribution in [0.25, 0.3) is 0 Å². The van der Waals surface area contributed by atoms with Gasteiger partial charge in [0.05, 0.1) is 0 Å². The van der Waals surface area contributed by atoms with Crippen LogP contribution in [0.15, 0.2) is 0 Å². The van der Waals surface area contributed by atoms with Gasteiger partial charge in [0.1, 0.15) is 0 Å². The summed E-state index contributed by atoms with van der Waals surface area (Å²) in [5, 5.41) is 0. The van der Waals surface area contributed by atoms with Gasteiger partial charge in [0.2, 0.25) is 0 Å². The zero-order valence-corrected chi connectivity index (χ0v) is 11.7. The minimum atomic E-state index is 0.770. The van der Waals surface area contributed by atoms with Crippen LogP contribution in [0.5, 0.6) is 0 Å². The molecule has 0 aromatic carbocycles. The summed E-state index contributed by atoms with van der Waals surface area (Å²) in [5.41, 5.74) is 5.62. The lowest BCUT2D eigenvalue weighted by atomic mass is 10.0. The quantitative estimate of drug-likeness (QED) is 0.618. The van der Waals surface area contributed by atoms with Crippen LogP contribution in [0.2, 0.25) is 0 Å². The van der Waals surface area contributed by atoms with Gasteiger partial charge in [-0.25, -0.2) is 0 Å². The largest absolute Gasteiger partial charge is 0.330 e. The summed E-state index contributed by atoms with van der Waals surface area (Å²) in [6.07, 6.45) is 2.40. The van der Waals surface area contributed by atoms with E-state index in [0.29, 0.717) is 0 Å². The van der Waals surface area contributed by atoms with E-state index in [1.807, 2.05) is 0 Å². The zero-order valence-electron chi connectivity index (χ0n) is 11.7. The van der Waals surface area contributed by atoms with Gasteiger partial charge in [-0.05, 0) is 39.0 Å². The van der Waals surface area contributed by atoms with Gasteiger partial charge in [0, 0.05) is 19.6 Å². The molecule has 0 saturated carbocycles. The molecule has 3 nitrogen and oxygen atoms in total. The maximum atomic E-state index is 5.62. The first-order valence-electron chi connectivity index (χ1n) is 6.78. The zero-order chi connectivity index (χ0) is 12.4. The lowest BCUT2D eigenvalue weighted by molar-refractivity contribution is 0.214. The van der Waals surface area contributed by atoms with Crippen molar-refractivity contribution in [2.24, 2.45) is 11.7 Å². The van der Waals surface area contributed by atoms with Crippen LogP contribution in [-0.4, -0.2) is 56.1 Å². The molecule has 0 radical (unpaired) electrons. The molecule has 0 aromatic rings. The molecular weight excluding hydrogens is 198 g/mol. The molecule has 2 N–H and O–H groups in total. The topological polar surface area (TPSA) is 32.5 Å². The fourth-order valence-electron chi connectivity index (χ4n) is 2.04. The van der Waals surface area contributed by atoms with E-state index in [1.54, 1.807) is 0 Å². The van der Waals surface area contributed by atoms with E-state index in [2.05, 4.69) is 37.6 Å². The average molecular weight is 229 g/mol. The van der Waals surface area contributed by atoms with Crippen molar-refractivity contribution in [3.05, 3.63) is 0 Å². The Labute approximate surface area is 102 Å². The molecule has 0 heterocycles. The highest BCUT2D eigenvalue weighted by Crippen LogP contribution is 2.08. The van der Waals surface area contributed by atoms with Crippen molar-refractivity contribution >= 4 is 0 Å². The monoisotopic (exact) mass is 229 g/mol. The van der Waals surface area contributed by atoms with Gasteiger partial charge in [-0.2, -0.15) is 0 Å². The molecule has 3 heteroatoms. The van der Waals surface area contributed by atoms with E-state index in [4.69, 9.17) is 5.73 Å².